The van der Waals surface area contributed by atoms with Crippen molar-refractivity contribution in [3.63, 3.8) is 0 Å². The number of carbonyl (C=O) groups is 1. The maximum atomic E-state index is 10.7. The van der Waals surface area contributed by atoms with Crippen molar-refractivity contribution in [2.45, 2.75) is 19.3 Å². The molecular weight excluding hydrogens is 178 g/mol. The second-order valence-corrected chi connectivity index (χ2v) is 3.65. The SMILES string of the molecule is CN(C(=O)O)c1ccc2c(c1)CCC2. The van der Waals surface area contributed by atoms with Gasteiger partial charge in [0, 0.05) is 12.7 Å². The highest BCUT2D eigenvalue weighted by molar-refractivity contribution is 5.85. The Kier molecular flexibility index (Phi) is 2.15. The van der Waals surface area contributed by atoms with Crippen LogP contribution in [0.15, 0.2) is 18.2 Å². The second kappa shape index (κ2) is 3.33. The van der Waals surface area contributed by atoms with Crippen molar-refractivity contribution in [1.29, 1.82) is 0 Å². The first-order valence-corrected chi connectivity index (χ1v) is 4.77. The number of nitrogens with zero attached hydrogens (tertiary/aromatic N) is 1. The minimum Gasteiger partial charge on any atom is -0.465 e. The summed E-state index contributed by atoms with van der Waals surface area (Å²) in [4.78, 5) is 12.0. The standard InChI is InChI=1S/C11H13NO2/c1-12(11(13)14)10-6-5-8-3-2-4-9(8)7-10/h5-7H,2-4H2,1H3,(H,13,14). The molecule has 1 aromatic rings. The Balaban J connectivity index is 2.33. The molecule has 1 amide bonds. The van der Waals surface area contributed by atoms with Gasteiger partial charge >= 0.3 is 6.09 Å². The van der Waals surface area contributed by atoms with Crippen LogP contribution in [0.4, 0.5) is 10.5 Å². The summed E-state index contributed by atoms with van der Waals surface area (Å²) in [5.74, 6) is 0. The van der Waals surface area contributed by atoms with Crippen LogP contribution in [0.25, 0.3) is 0 Å². The van der Waals surface area contributed by atoms with E-state index in [9.17, 15) is 4.79 Å². The van der Waals surface area contributed by atoms with Crippen LogP contribution in [-0.4, -0.2) is 18.2 Å². The lowest BCUT2D eigenvalue weighted by atomic mass is 10.1. The molecule has 0 aliphatic heterocycles. The van der Waals surface area contributed by atoms with Crippen LogP contribution < -0.4 is 4.90 Å². The fraction of sp³-hybridized carbons (Fsp3) is 0.364. The number of amides is 1. The number of hydrogen-bond acceptors (Lipinski definition) is 1. The van der Waals surface area contributed by atoms with Crippen LogP contribution in [0.5, 0.6) is 0 Å². The van der Waals surface area contributed by atoms with Gasteiger partial charge in [0.05, 0.1) is 0 Å². The van der Waals surface area contributed by atoms with Crippen LogP contribution in [0.2, 0.25) is 0 Å². The maximum absolute atomic E-state index is 10.7. The van der Waals surface area contributed by atoms with E-state index in [0.717, 1.165) is 18.5 Å². The molecule has 3 heteroatoms. The van der Waals surface area contributed by atoms with Crippen LogP contribution in [0, 0.1) is 0 Å². The number of hydrogen-bond donors (Lipinski definition) is 1. The van der Waals surface area contributed by atoms with Crippen LogP contribution in [0.3, 0.4) is 0 Å². The van der Waals surface area contributed by atoms with Crippen molar-refractivity contribution in [3.8, 4) is 0 Å². The third kappa shape index (κ3) is 1.45. The summed E-state index contributed by atoms with van der Waals surface area (Å²) in [5.41, 5.74) is 3.43. The number of carboxylic acid groups (broad SMARTS) is 1. The summed E-state index contributed by atoms with van der Waals surface area (Å²) in [6.07, 6.45) is 2.49. The first-order chi connectivity index (χ1) is 6.68. The first kappa shape index (κ1) is 9.06. The Labute approximate surface area is 83.0 Å². The molecule has 1 N–H and O–H groups in total. The van der Waals surface area contributed by atoms with Gasteiger partial charge < -0.3 is 5.11 Å². The molecule has 0 fully saturated rings. The molecule has 0 bridgehead atoms. The Morgan fingerprint density at radius 2 is 2.07 bits per heavy atom. The fourth-order valence-electron chi connectivity index (χ4n) is 1.88. The molecule has 0 atom stereocenters. The predicted octanol–water partition coefficient (Wildman–Crippen LogP) is 2.29. The van der Waals surface area contributed by atoms with E-state index in [0.29, 0.717) is 0 Å². The molecule has 1 aromatic carbocycles. The summed E-state index contributed by atoms with van der Waals surface area (Å²) in [6, 6.07) is 5.89. The molecule has 0 heterocycles. The topological polar surface area (TPSA) is 40.5 Å². The molecular formula is C11H13NO2. The lowest BCUT2D eigenvalue weighted by Gasteiger charge is -2.14. The van der Waals surface area contributed by atoms with Crippen molar-refractivity contribution < 1.29 is 9.90 Å². The van der Waals surface area contributed by atoms with Gasteiger partial charge in [-0.3, -0.25) is 4.90 Å². The maximum Gasteiger partial charge on any atom is 0.411 e. The molecule has 0 aromatic heterocycles. The average Bonchev–Trinajstić information content (AvgIpc) is 2.62. The normalized spacial score (nSPS) is 13.8. The van der Waals surface area contributed by atoms with Gasteiger partial charge in [0.1, 0.15) is 0 Å². The van der Waals surface area contributed by atoms with Gasteiger partial charge in [-0.25, -0.2) is 4.79 Å². The number of benzene rings is 1. The largest absolute Gasteiger partial charge is 0.465 e. The lowest BCUT2D eigenvalue weighted by Crippen LogP contribution is -2.23. The van der Waals surface area contributed by atoms with Gasteiger partial charge in [0.15, 0.2) is 0 Å². The molecule has 0 saturated carbocycles. The van der Waals surface area contributed by atoms with E-state index in [1.54, 1.807) is 7.05 Å². The molecule has 2 rings (SSSR count). The van der Waals surface area contributed by atoms with Crippen LogP contribution in [-0.2, 0) is 12.8 Å². The van der Waals surface area contributed by atoms with E-state index in [-0.39, 0.29) is 0 Å². The van der Waals surface area contributed by atoms with Crippen molar-refractivity contribution in [2.24, 2.45) is 0 Å². The van der Waals surface area contributed by atoms with Crippen molar-refractivity contribution in [1.82, 2.24) is 0 Å². The third-order valence-electron chi connectivity index (χ3n) is 2.76. The molecule has 14 heavy (non-hydrogen) atoms. The van der Waals surface area contributed by atoms with Crippen molar-refractivity contribution in [3.05, 3.63) is 29.3 Å². The number of aryl methyl sites for hydroxylation is 2. The summed E-state index contributed by atoms with van der Waals surface area (Å²) < 4.78 is 0. The van der Waals surface area contributed by atoms with E-state index in [1.165, 1.54) is 22.4 Å². The highest BCUT2D eigenvalue weighted by Gasteiger charge is 2.14. The minimum absolute atomic E-state index is 0.762. The fourth-order valence-corrected chi connectivity index (χ4v) is 1.88. The monoisotopic (exact) mass is 191 g/mol. The van der Waals surface area contributed by atoms with E-state index in [4.69, 9.17) is 5.11 Å². The molecule has 1 aliphatic rings. The Hall–Kier alpha value is -1.51. The van der Waals surface area contributed by atoms with Crippen molar-refractivity contribution >= 4 is 11.8 Å². The lowest BCUT2D eigenvalue weighted by molar-refractivity contribution is 0.203. The summed E-state index contributed by atoms with van der Waals surface area (Å²) in [6.45, 7) is 0. The molecule has 1 aliphatic carbocycles. The average molecular weight is 191 g/mol. The zero-order valence-corrected chi connectivity index (χ0v) is 8.16. The highest BCUT2D eigenvalue weighted by Crippen LogP contribution is 2.26. The number of fused-ring (bicyclic) bond motifs is 1. The van der Waals surface area contributed by atoms with Gasteiger partial charge in [0.25, 0.3) is 0 Å². The summed E-state index contributed by atoms with van der Waals surface area (Å²) >= 11 is 0. The van der Waals surface area contributed by atoms with Gasteiger partial charge in [-0.2, -0.15) is 0 Å². The van der Waals surface area contributed by atoms with E-state index < -0.39 is 6.09 Å². The zero-order valence-electron chi connectivity index (χ0n) is 8.16. The van der Waals surface area contributed by atoms with Gasteiger partial charge in [-0.15, -0.1) is 0 Å². The highest BCUT2D eigenvalue weighted by atomic mass is 16.4. The number of rotatable bonds is 1. The summed E-state index contributed by atoms with van der Waals surface area (Å²) in [7, 11) is 1.57. The van der Waals surface area contributed by atoms with Crippen molar-refractivity contribution in [2.75, 3.05) is 11.9 Å². The van der Waals surface area contributed by atoms with E-state index in [2.05, 4.69) is 0 Å². The molecule has 0 unspecified atom stereocenters. The summed E-state index contributed by atoms with van der Waals surface area (Å²) in [5, 5.41) is 8.81. The van der Waals surface area contributed by atoms with Gasteiger partial charge in [-0.1, -0.05) is 6.07 Å². The third-order valence-corrected chi connectivity index (χ3v) is 2.76. The van der Waals surface area contributed by atoms with Gasteiger partial charge in [-0.05, 0) is 42.5 Å². The van der Waals surface area contributed by atoms with Gasteiger partial charge in [0.2, 0.25) is 0 Å². The van der Waals surface area contributed by atoms with Crippen LogP contribution in [0.1, 0.15) is 17.5 Å². The Bertz CT molecular complexity index is 374. The molecule has 0 saturated heterocycles. The molecule has 3 nitrogen and oxygen atoms in total. The quantitative estimate of drug-likeness (QED) is 0.739. The van der Waals surface area contributed by atoms with Crippen LogP contribution >= 0.6 is 0 Å². The minimum atomic E-state index is -0.914. The smallest absolute Gasteiger partial charge is 0.411 e. The Morgan fingerprint density at radius 3 is 2.79 bits per heavy atom. The van der Waals surface area contributed by atoms with E-state index >= 15 is 0 Å². The second-order valence-electron chi connectivity index (χ2n) is 3.65. The van der Waals surface area contributed by atoms with E-state index in [1.807, 2.05) is 18.2 Å². The first-order valence-electron chi connectivity index (χ1n) is 4.77. The number of anilines is 1. The zero-order chi connectivity index (χ0) is 10.1. The predicted molar refractivity (Wildman–Crippen MR) is 54.9 cm³/mol. The Morgan fingerprint density at radius 1 is 1.36 bits per heavy atom. The molecule has 0 radical (unpaired) electrons. The molecule has 74 valence electrons. The molecule has 0 spiro atoms.